The summed E-state index contributed by atoms with van der Waals surface area (Å²) in [6.45, 7) is 2.91. The molecule has 21 heavy (non-hydrogen) atoms. The Kier molecular flexibility index (Phi) is 4.49. The van der Waals surface area contributed by atoms with E-state index in [9.17, 15) is 8.78 Å². The number of fused-ring (bicyclic) bond motifs is 3. The van der Waals surface area contributed by atoms with Crippen LogP contribution in [0.25, 0.3) is 21.8 Å². The molecule has 0 saturated carbocycles. The van der Waals surface area contributed by atoms with Crippen LogP contribution >= 0.6 is 12.4 Å². The van der Waals surface area contributed by atoms with Crippen LogP contribution in [0.15, 0.2) is 42.5 Å². The van der Waals surface area contributed by atoms with Gasteiger partial charge in [0.15, 0.2) is 0 Å². The fourth-order valence-corrected chi connectivity index (χ4v) is 2.76. The molecule has 2 aromatic carbocycles. The summed E-state index contributed by atoms with van der Waals surface area (Å²) in [4.78, 5) is 0. The smallest absolute Gasteiger partial charge is 0.257 e. The molecule has 1 atom stereocenters. The Morgan fingerprint density at radius 2 is 1.71 bits per heavy atom. The van der Waals surface area contributed by atoms with Gasteiger partial charge in [0.2, 0.25) is 0 Å². The van der Waals surface area contributed by atoms with E-state index >= 15 is 0 Å². The monoisotopic (exact) mass is 310 g/mol. The van der Waals surface area contributed by atoms with Gasteiger partial charge in [-0.2, -0.15) is 0 Å². The zero-order valence-electron chi connectivity index (χ0n) is 11.6. The third-order valence-electron chi connectivity index (χ3n) is 3.77. The lowest BCUT2D eigenvalue weighted by Crippen LogP contribution is -2.18. The standard InChI is InChI=1S/C16H16F2N2.ClH/c1-2-20-13-6-4-3-5-11(13)12-9-10(7-8-14(12)20)15(19)16(17)18;/h3-9,15-16H,2,19H2,1H3;1H/t15-;/m1./s1. The highest BCUT2D eigenvalue weighted by molar-refractivity contribution is 6.08. The van der Waals surface area contributed by atoms with Crippen molar-refractivity contribution in [3.05, 3.63) is 48.0 Å². The van der Waals surface area contributed by atoms with Crippen molar-refractivity contribution in [1.29, 1.82) is 0 Å². The van der Waals surface area contributed by atoms with Crippen LogP contribution in [0.3, 0.4) is 0 Å². The Labute approximate surface area is 127 Å². The zero-order chi connectivity index (χ0) is 14.3. The lowest BCUT2D eigenvalue weighted by atomic mass is 10.0. The summed E-state index contributed by atoms with van der Waals surface area (Å²) >= 11 is 0. The molecule has 5 heteroatoms. The fourth-order valence-electron chi connectivity index (χ4n) is 2.76. The summed E-state index contributed by atoms with van der Waals surface area (Å²) in [5.41, 5.74) is 8.21. The molecule has 3 aromatic rings. The molecule has 0 aliphatic rings. The van der Waals surface area contributed by atoms with Crippen LogP contribution in [0.2, 0.25) is 0 Å². The molecule has 112 valence electrons. The Balaban J connectivity index is 0.00000161. The maximum absolute atomic E-state index is 12.8. The molecule has 3 rings (SSSR count). The largest absolute Gasteiger partial charge is 0.341 e. The summed E-state index contributed by atoms with van der Waals surface area (Å²) in [7, 11) is 0. The van der Waals surface area contributed by atoms with Gasteiger partial charge in [-0.3, -0.25) is 0 Å². The molecule has 0 unspecified atom stereocenters. The highest BCUT2D eigenvalue weighted by Crippen LogP contribution is 2.31. The molecule has 1 aromatic heterocycles. The van der Waals surface area contributed by atoms with Crippen LogP contribution in [0.5, 0.6) is 0 Å². The number of hydrogen-bond acceptors (Lipinski definition) is 1. The van der Waals surface area contributed by atoms with Crippen LogP contribution in [0, 0.1) is 0 Å². The lowest BCUT2D eigenvalue weighted by molar-refractivity contribution is 0.116. The van der Waals surface area contributed by atoms with E-state index in [1.54, 1.807) is 12.1 Å². The number of para-hydroxylation sites is 1. The number of rotatable bonds is 3. The number of nitrogens with two attached hydrogens (primary N) is 1. The van der Waals surface area contributed by atoms with Gasteiger partial charge in [-0.05, 0) is 30.7 Å². The normalized spacial score (nSPS) is 12.8. The number of aromatic nitrogens is 1. The molecule has 0 saturated heterocycles. The van der Waals surface area contributed by atoms with Gasteiger partial charge in [-0.1, -0.05) is 24.3 Å². The Morgan fingerprint density at radius 3 is 2.38 bits per heavy atom. The van der Waals surface area contributed by atoms with Crippen molar-refractivity contribution in [2.75, 3.05) is 0 Å². The molecule has 2 nitrogen and oxygen atoms in total. The summed E-state index contributed by atoms with van der Waals surface area (Å²) in [6, 6.07) is 12.2. The maximum Gasteiger partial charge on any atom is 0.257 e. The number of halogens is 3. The molecule has 1 heterocycles. The summed E-state index contributed by atoms with van der Waals surface area (Å²) < 4.78 is 27.7. The van der Waals surface area contributed by atoms with Crippen molar-refractivity contribution < 1.29 is 8.78 Å². The van der Waals surface area contributed by atoms with E-state index in [1.165, 1.54) is 0 Å². The van der Waals surface area contributed by atoms with Crippen molar-refractivity contribution in [2.24, 2.45) is 5.73 Å². The molecule has 0 fully saturated rings. The van der Waals surface area contributed by atoms with Crippen LogP contribution in [-0.4, -0.2) is 11.0 Å². The second kappa shape index (κ2) is 6.00. The fraction of sp³-hybridized carbons (Fsp3) is 0.250. The predicted molar refractivity (Wildman–Crippen MR) is 85.3 cm³/mol. The van der Waals surface area contributed by atoms with Crippen molar-refractivity contribution in [1.82, 2.24) is 4.57 Å². The van der Waals surface area contributed by atoms with Crippen molar-refractivity contribution in [2.45, 2.75) is 25.9 Å². The van der Waals surface area contributed by atoms with Gasteiger partial charge in [0, 0.05) is 28.4 Å². The number of hydrogen-bond donors (Lipinski definition) is 1. The summed E-state index contributed by atoms with van der Waals surface area (Å²) in [6.07, 6.45) is -2.55. The maximum atomic E-state index is 12.8. The van der Waals surface area contributed by atoms with E-state index < -0.39 is 12.5 Å². The number of aryl methyl sites for hydroxylation is 1. The van der Waals surface area contributed by atoms with Gasteiger partial charge in [-0.15, -0.1) is 12.4 Å². The van der Waals surface area contributed by atoms with Gasteiger partial charge >= 0.3 is 0 Å². The van der Waals surface area contributed by atoms with E-state index in [0.717, 1.165) is 28.4 Å². The van der Waals surface area contributed by atoms with Crippen molar-refractivity contribution in [3.8, 4) is 0 Å². The molecule has 0 aliphatic carbocycles. The van der Waals surface area contributed by atoms with E-state index in [-0.39, 0.29) is 12.4 Å². The Morgan fingerprint density at radius 1 is 1.05 bits per heavy atom. The SMILES string of the molecule is CCn1c2ccccc2c2cc([C@@H](N)C(F)F)ccc21.Cl. The first kappa shape index (κ1) is 15.7. The molecule has 2 N–H and O–H groups in total. The van der Waals surface area contributed by atoms with Gasteiger partial charge in [0.25, 0.3) is 6.43 Å². The van der Waals surface area contributed by atoms with Crippen LogP contribution < -0.4 is 5.73 Å². The second-order valence-electron chi connectivity index (χ2n) is 4.90. The van der Waals surface area contributed by atoms with E-state index in [1.807, 2.05) is 30.3 Å². The van der Waals surface area contributed by atoms with Gasteiger partial charge < -0.3 is 10.3 Å². The molecular formula is C16H17ClF2N2. The predicted octanol–water partition coefficient (Wildman–Crippen LogP) is 4.50. The quantitative estimate of drug-likeness (QED) is 0.758. The highest BCUT2D eigenvalue weighted by atomic mass is 35.5. The third-order valence-corrected chi connectivity index (χ3v) is 3.77. The first-order chi connectivity index (χ1) is 9.63. The summed E-state index contributed by atoms with van der Waals surface area (Å²) in [5, 5.41) is 2.06. The molecule has 0 radical (unpaired) electrons. The van der Waals surface area contributed by atoms with Crippen molar-refractivity contribution in [3.63, 3.8) is 0 Å². The minimum atomic E-state index is -2.55. The molecule has 0 aliphatic heterocycles. The van der Waals surface area contributed by atoms with Crippen LogP contribution in [-0.2, 0) is 6.54 Å². The first-order valence-electron chi connectivity index (χ1n) is 6.68. The first-order valence-corrected chi connectivity index (χ1v) is 6.68. The number of benzene rings is 2. The van der Waals surface area contributed by atoms with Gasteiger partial charge in [-0.25, -0.2) is 8.78 Å². The number of nitrogens with zero attached hydrogens (tertiary/aromatic N) is 1. The minimum Gasteiger partial charge on any atom is -0.341 e. The molecule has 0 bridgehead atoms. The zero-order valence-corrected chi connectivity index (χ0v) is 12.4. The Bertz CT molecular complexity index is 767. The number of alkyl halides is 2. The van der Waals surface area contributed by atoms with Crippen LogP contribution in [0.4, 0.5) is 8.78 Å². The molecular weight excluding hydrogens is 294 g/mol. The van der Waals surface area contributed by atoms with E-state index in [0.29, 0.717) is 5.56 Å². The van der Waals surface area contributed by atoms with Crippen LogP contribution in [0.1, 0.15) is 18.5 Å². The van der Waals surface area contributed by atoms with E-state index in [2.05, 4.69) is 11.5 Å². The molecule has 0 spiro atoms. The van der Waals surface area contributed by atoms with Gasteiger partial charge in [0.1, 0.15) is 0 Å². The summed E-state index contributed by atoms with van der Waals surface area (Å²) in [5.74, 6) is 0. The average Bonchev–Trinajstić information content (AvgIpc) is 2.79. The van der Waals surface area contributed by atoms with Crippen molar-refractivity contribution >= 4 is 34.2 Å². The molecule has 0 amide bonds. The minimum absolute atomic E-state index is 0. The average molecular weight is 311 g/mol. The van der Waals surface area contributed by atoms with Gasteiger partial charge in [0.05, 0.1) is 6.04 Å². The van der Waals surface area contributed by atoms with E-state index in [4.69, 9.17) is 5.73 Å². The Hall–Kier alpha value is -1.65. The second-order valence-corrected chi connectivity index (χ2v) is 4.90. The highest BCUT2D eigenvalue weighted by Gasteiger charge is 2.19. The topological polar surface area (TPSA) is 30.9 Å². The lowest BCUT2D eigenvalue weighted by Gasteiger charge is -2.11. The third kappa shape index (κ3) is 2.49.